The van der Waals surface area contributed by atoms with Gasteiger partial charge in [-0.1, -0.05) is 17.7 Å². The normalized spacial score (nSPS) is 15.8. The molecule has 1 N–H and O–H groups in total. The fraction of sp³-hybridized carbons (Fsp3) is 0.667. The molecule has 0 aromatic heterocycles. The van der Waals surface area contributed by atoms with Crippen LogP contribution in [0.15, 0.2) is 12.1 Å². The van der Waals surface area contributed by atoms with Crippen molar-refractivity contribution in [3.63, 3.8) is 0 Å². The van der Waals surface area contributed by atoms with Gasteiger partial charge in [-0.05, 0) is 51.2 Å². The largest absolute Gasteiger partial charge is 0.493 e. The monoisotopic (exact) mass is 276 g/mol. The molecule has 2 nitrogen and oxygen atoms in total. The van der Waals surface area contributed by atoms with E-state index in [1.54, 1.807) is 0 Å². The van der Waals surface area contributed by atoms with E-state index in [-0.39, 0.29) is 0 Å². The first-order chi connectivity index (χ1) is 9.66. The average molecular weight is 276 g/mol. The third-order valence-electron chi connectivity index (χ3n) is 4.34. The number of nitrogens with one attached hydrogen (secondary N) is 1. The molecule has 112 valence electrons. The molecule has 2 rings (SSSR count). The Labute approximate surface area is 124 Å². The van der Waals surface area contributed by atoms with Crippen LogP contribution in [-0.4, -0.2) is 26.2 Å². The minimum atomic E-state index is 0.861. The first kappa shape index (κ1) is 15.4. The molecule has 0 amide bonds. The number of hydrogen-bond acceptors (Lipinski definition) is 1. The van der Waals surface area contributed by atoms with Crippen molar-refractivity contribution in [3.05, 3.63) is 28.8 Å². The maximum absolute atomic E-state index is 5.99. The number of rotatable bonds is 7. The van der Waals surface area contributed by atoms with Crippen molar-refractivity contribution in [1.82, 2.24) is 0 Å². The summed E-state index contributed by atoms with van der Waals surface area (Å²) in [5, 5.41) is 0. The molecule has 0 unspecified atom stereocenters. The van der Waals surface area contributed by atoms with Crippen molar-refractivity contribution in [2.24, 2.45) is 0 Å². The summed E-state index contributed by atoms with van der Waals surface area (Å²) in [7, 11) is 0. The van der Waals surface area contributed by atoms with E-state index >= 15 is 0 Å². The summed E-state index contributed by atoms with van der Waals surface area (Å²) in [5.41, 5.74) is 3.86. The van der Waals surface area contributed by atoms with Crippen LogP contribution in [-0.2, 0) is 0 Å². The van der Waals surface area contributed by atoms with Crippen molar-refractivity contribution in [2.75, 3.05) is 26.2 Å². The summed E-state index contributed by atoms with van der Waals surface area (Å²) in [6.07, 6.45) is 6.70. The van der Waals surface area contributed by atoms with Crippen molar-refractivity contribution >= 4 is 0 Å². The van der Waals surface area contributed by atoms with E-state index in [1.165, 1.54) is 68.4 Å². The smallest absolute Gasteiger partial charge is 0.125 e. The van der Waals surface area contributed by atoms with Gasteiger partial charge in [0.15, 0.2) is 0 Å². The lowest BCUT2D eigenvalue weighted by molar-refractivity contribution is -0.887. The van der Waals surface area contributed by atoms with Crippen molar-refractivity contribution in [1.29, 1.82) is 0 Å². The van der Waals surface area contributed by atoms with E-state index in [0.717, 1.165) is 12.4 Å². The van der Waals surface area contributed by atoms with Gasteiger partial charge in [0.05, 0.1) is 26.2 Å². The number of benzene rings is 1. The lowest BCUT2D eigenvalue weighted by Gasteiger charge is -2.14. The molecule has 0 radical (unpaired) electrons. The molecule has 2 heteroatoms. The first-order valence-electron chi connectivity index (χ1n) is 8.21. The molecule has 1 aromatic carbocycles. The second-order valence-electron chi connectivity index (χ2n) is 6.34. The highest BCUT2D eigenvalue weighted by Gasteiger charge is 2.13. The Hall–Kier alpha value is -1.02. The first-order valence-corrected chi connectivity index (χ1v) is 8.21. The lowest BCUT2D eigenvalue weighted by atomic mass is 10.1. The average Bonchev–Trinajstić information content (AvgIpc) is 2.89. The van der Waals surface area contributed by atoms with Crippen LogP contribution < -0.4 is 9.64 Å². The molecule has 1 heterocycles. The van der Waals surface area contributed by atoms with E-state index in [1.807, 2.05) is 4.90 Å². The molecule has 0 atom stereocenters. The maximum Gasteiger partial charge on any atom is 0.125 e. The fourth-order valence-corrected chi connectivity index (χ4v) is 3.35. The zero-order chi connectivity index (χ0) is 14.4. The number of aryl methyl sites for hydroxylation is 3. The zero-order valence-corrected chi connectivity index (χ0v) is 13.4. The molecule has 0 aliphatic carbocycles. The third kappa shape index (κ3) is 4.52. The van der Waals surface area contributed by atoms with E-state index in [9.17, 15) is 0 Å². The van der Waals surface area contributed by atoms with Crippen LogP contribution in [0.5, 0.6) is 5.75 Å². The summed E-state index contributed by atoms with van der Waals surface area (Å²) in [6, 6.07) is 4.41. The maximum atomic E-state index is 5.99. The molecule has 1 aliphatic heterocycles. The Balaban J connectivity index is 1.63. The highest BCUT2D eigenvalue weighted by atomic mass is 16.5. The second-order valence-corrected chi connectivity index (χ2v) is 6.34. The molecule has 0 bridgehead atoms. The van der Waals surface area contributed by atoms with Crippen molar-refractivity contribution < 1.29 is 9.64 Å². The quantitative estimate of drug-likeness (QED) is 0.756. The van der Waals surface area contributed by atoms with Gasteiger partial charge in [0, 0.05) is 12.8 Å². The van der Waals surface area contributed by atoms with Gasteiger partial charge >= 0.3 is 0 Å². The van der Waals surface area contributed by atoms with Gasteiger partial charge < -0.3 is 9.64 Å². The van der Waals surface area contributed by atoms with Crippen LogP contribution >= 0.6 is 0 Å². The Morgan fingerprint density at radius 1 is 0.950 bits per heavy atom. The van der Waals surface area contributed by atoms with Gasteiger partial charge in [-0.3, -0.25) is 0 Å². The van der Waals surface area contributed by atoms with Gasteiger partial charge in [0.1, 0.15) is 5.75 Å². The van der Waals surface area contributed by atoms with Gasteiger partial charge in [-0.25, -0.2) is 0 Å². The van der Waals surface area contributed by atoms with Crippen LogP contribution in [0.3, 0.4) is 0 Å². The van der Waals surface area contributed by atoms with Crippen molar-refractivity contribution in [3.8, 4) is 5.75 Å². The molecular weight excluding hydrogens is 246 g/mol. The third-order valence-corrected chi connectivity index (χ3v) is 4.34. The van der Waals surface area contributed by atoms with Gasteiger partial charge in [-0.15, -0.1) is 0 Å². The topological polar surface area (TPSA) is 13.7 Å². The van der Waals surface area contributed by atoms with E-state index < -0.39 is 0 Å². The number of unbranched alkanes of at least 4 members (excludes halogenated alkanes) is 2. The minimum Gasteiger partial charge on any atom is -0.493 e. The Kier molecular flexibility index (Phi) is 5.90. The fourth-order valence-electron chi connectivity index (χ4n) is 3.35. The number of ether oxygens (including phenoxy) is 1. The Morgan fingerprint density at radius 2 is 1.60 bits per heavy atom. The summed E-state index contributed by atoms with van der Waals surface area (Å²) in [5.74, 6) is 1.10. The van der Waals surface area contributed by atoms with Crippen LogP contribution in [0.25, 0.3) is 0 Å². The van der Waals surface area contributed by atoms with Crippen molar-refractivity contribution in [2.45, 2.75) is 52.9 Å². The summed E-state index contributed by atoms with van der Waals surface area (Å²) in [6.45, 7) is 11.5. The standard InChI is InChI=1S/C18H29NO/c1-15-13-16(2)18(17(3)14-15)20-12-8-4-5-9-19-10-6-7-11-19/h13-14H,4-12H2,1-3H3/p+1. The highest BCUT2D eigenvalue weighted by Crippen LogP contribution is 2.24. The number of likely N-dealkylation sites (tertiary alicyclic amines) is 1. The molecule has 1 aromatic rings. The van der Waals surface area contributed by atoms with Crippen LogP contribution in [0, 0.1) is 20.8 Å². The molecular formula is C18H30NO+. The Bertz CT molecular complexity index is 398. The zero-order valence-electron chi connectivity index (χ0n) is 13.4. The van der Waals surface area contributed by atoms with Crippen LogP contribution in [0.4, 0.5) is 0 Å². The lowest BCUT2D eigenvalue weighted by Crippen LogP contribution is -3.09. The van der Waals surface area contributed by atoms with Crippen LogP contribution in [0.2, 0.25) is 0 Å². The molecule has 0 spiro atoms. The molecule has 1 aliphatic rings. The minimum absolute atomic E-state index is 0.861. The predicted octanol–water partition coefficient (Wildman–Crippen LogP) is 2.84. The number of quaternary nitrogens is 1. The second kappa shape index (κ2) is 7.68. The molecule has 0 saturated carbocycles. The van der Waals surface area contributed by atoms with Gasteiger partial charge in [0.2, 0.25) is 0 Å². The van der Waals surface area contributed by atoms with Crippen LogP contribution in [0.1, 0.15) is 48.8 Å². The van der Waals surface area contributed by atoms with Gasteiger partial charge in [-0.2, -0.15) is 0 Å². The van der Waals surface area contributed by atoms with E-state index in [0.29, 0.717) is 0 Å². The Morgan fingerprint density at radius 3 is 2.25 bits per heavy atom. The SMILES string of the molecule is Cc1cc(C)c(OCCCCC[NH+]2CCCC2)c(C)c1. The highest BCUT2D eigenvalue weighted by molar-refractivity contribution is 5.42. The van der Waals surface area contributed by atoms with Gasteiger partial charge in [0.25, 0.3) is 0 Å². The van der Waals surface area contributed by atoms with E-state index in [4.69, 9.17) is 4.74 Å². The summed E-state index contributed by atoms with van der Waals surface area (Å²) in [4.78, 5) is 1.82. The summed E-state index contributed by atoms with van der Waals surface area (Å²) >= 11 is 0. The molecule has 1 fully saturated rings. The molecule has 1 saturated heterocycles. The predicted molar refractivity (Wildman–Crippen MR) is 84.8 cm³/mol. The number of hydrogen-bond donors (Lipinski definition) is 1. The summed E-state index contributed by atoms with van der Waals surface area (Å²) < 4.78 is 5.99. The van der Waals surface area contributed by atoms with E-state index in [2.05, 4.69) is 32.9 Å². The molecule has 20 heavy (non-hydrogen) atoms.